The van der Waals surface area contributed by atoms with E-state index in [0.717, 1.165) is 25.0 Å². The summed E-state index contributed by atoms with van der Waals surface area (Å²) in [5, 5.41) is 2.56. The molecule has 1 N–H and O–H groups in total. The van der Waals surface area contributed by atoms with E-state index in [0.29, 0.717) is 18.8 Å². The molecule has 0 saturated heterocycles. The number of rotatable bonds is 10. The number of carbonyl (C=O) groups excluding carboxylic acids is 2. The van der Waals surface area contributed by atoms with Gasteiger partial charge in [-0.3, -0.25) is 4.79 Å². The smallest absolute Gasteiger partial charge is 0.330 e. The second-order valence-electron chi connectivity index (χ2n) is 5.50. The normalized spacial score (nSPS) is 11.7. The summed E-state index contributed by atoms with van der Waals surface area (Å²) in [6.07, 6.45) is 3.57. The molecule has 0 spiro atoms. The van der Waals surface area contributed by atoms with Gasteiger partial charge in [0, 0.05) is 30.9 Å². The summed E-state index contributed by atoms with van der Waals surface area (Å²) >= 11 is 0. The van der Waals surface area contributed by atoms with Gasteiger partial charge >= 0.3 is 5.97 Å². The molecule has 0 aliphatic rings. The van der Waals surface area contributed by atoms with Crippen molar-refractivity contribution in [3.63, 3.8) is 0 Å². The lowest BCUT2D eigenvalue weighted by Gasteiger charge is -2.21. The molecule has 26 heavy (non-hydrogen) atoms. The molecule has 0 bridgehead atoms. The zero-order valence-electron chi connectivity index (χ0n) is 15.4. The zero-order valence-corrected chi connectivity index (χ0v) is 16.2. The number of ether oxygens (including phenoxy) is 1. The molecular formula is C18H26N2O5S. The van der Waals surface area contributed by atoms with Gasteiger partial charge in [-0.2, -0.15) is 4.31 Å². The van der Waals surface area contributed by atoms with Crippen molar-refractivity contribution in [2.45, 2.75) is 38.5 Å². The highest BCUT2D eigenvalue weighted by molar-refractivity contribution is 7.89. The Balaban J connectivity index is 2.81. The number of carbonyl (C=O) groups is 2. The Morgan fingerprint density at radius 2 is 1.62 bits per heavy atom. The van der Waals surface area contributed by atoms with Crippen LogP contribution in [0.25, 0.3) is 0 Å². The quantitative estimate of drug-likeness (QED) is 0.496. The van der Waals surface area contributed by atoms with Crippen LogP contribution in [0.3, 0.4) is 0 Å². The average Bonchev–Trinajstić information content (AvgIpc) is 2.60. The molecule has 7 nitrogen and oxygen atoms in total. The maximum absolute atomic E-state index is 12.7. The van der Waals surface area contributed by atoms with Gasteiger partial charge in [-0.25, -0.2) is 13.2 Å². The van der Waals surface area contributed by atoms with Crippen molar-refractivity contribution in [3.8, 4) is 0 Å². The van der Waals surface area contributed by atoms with Crippen LogP contribution in [0.15, 0.2) is 41.3 Å². The van der Waals surface area contributed by atoms with Gasteiger partial charge in [0.2, 0.25) is 15.9 Å². The van der Waals surface area contributed by atoms with Gasteiger partial charge < -0.3 is 10.1 Å². The molecule has 0 radical (unpaired) electrons. The number of anilines is 1. The highest BCUT2D eigenvalue weighted by Gasteiger charge is 2.22. The second-order valence-corrected chi connectivity index (χ2v) is 7.44. The standard InChI is InChI=1S/C18H26N2O5S/c1-4-13-20(14-5-2)26(23,24)16-9-7-15(8-10-16)19-17(21)11-12-18(22)25-6-3/h7-12H,4-6,13-14H2,1-3H3,(H,19,21). The minimum absolute atomic E-state index is 0.180. The lowest BCUT2D eigenvalue weighted by molar-refractivity contribution is -0.137. The molecule has 0 saturated carbocycles. The van der Waals surface area contributed by atoms with Crippen molar-refractivity contribution in [2.75, 3.05) is 25.0 Å². The van der Waals surface area contributed by atoms with Gasteiger partial charge in [-0.1, -0.05) is 13.8 Å². The minimum Gasteiger partial charge on any atom is -0.463 e. The molecule has 1 aromatic rings. The first-order valence-electron chi connectivity index (χ1n) is 8.61. The third-order valence-corrected chi connectivity index (χ3v) is 5.28. The van der Waals surface area contributed by atoms with Crippen molar-refractivity contribution < 1.29 is 22.7 Å². The number of hydrogen-bond donors (Lipinski definition) is 1. The van der Waals surface area contributed by atoms with Crippen LogP contribution in [0, 0.1) is 0 Å². The Labute approximate surface area is 155 Å². The van der Waals surface area contributed by atoms with Crippen molar-refractivity contribution in [3.05, 3.63) is 36.4 Å². The number of nitrogens with one attached hydrogen (secondary N) is 1. The first-order valence-corrected chi connectivity index (χ1v) is 10.0. The van der Waals surface area contributed by atoms with E-state index < -0.39 is 21.9 Å². The van der Waals surface area contributed by atoms with Crippen LogP contribution in [0.4, 0.5) is 5.69 Å². The first-order chi connectivity index (χ1) is 12.3. The maximum Gasteiger partial charge on any atom is 0.330 e. The van der Waals surface area contributed by atoms with Crippen molar-refractivity contribution in [1.29, 1.82) is 0 Å². The average molecular weight is 382 g/mol. The highest BCUT2D eigenvalue weighted by Crippen LogP contribution is 2.19. The SMILES string of the molecule is CCCN(CCC)S(=O)(=O)c1ccc(NC(=O)C=CC(=O)OCC)cc1. The number of sulfonamides is 1. The van der Waals surface area contributed by atoms with E-state index >= 15 is 0 Å². The van der Waals surface area contributed by atoms with Gasteiger partial charge in [0.25, 0.3) is 0 Å². The Kier molecular flexibility index (Phi) is 9.01. The Hall–Kier alpha value is -2.19. The largest absolute Gasteiger partial charge is 0.463 e. The number of amides is 1. The van der Waals surface area contributed by atoms with E-state index in [4.69, 9.17) is 0 Å². The third kappa shape index (κ3) is 6.61. The fourth-order valence-corrected chi connectivity index (χ4v) is 3.85. The molecule has 0 unspecified atom stereocenters. The van der Waals surface area contributed by atoms with Crippen molar-refractivity contribution >= 4 is 27.6 Å². The highest BCUT2D eigenvalue weighted by atomic mass is 32.2. The molecule has 144 valence electrons. The van der Waals surface area contributed by atoms with E-state index in [-0.39, 0.29) is 11.5 Å². The molecule has 1 amide bonds. The van der Waals surface area contributed by atoms with Crippen molar-refractivity contribution in [2.24, 2.45) is 0 Å². The first kappa shape index (κ1) is 21.9. The lowest BCUT2D eigenvalue weighted by Crippen LogP contribution is -2.32. The summed E-state index contributed by atoms with van der Waals surface area (Å²) < 4.78 is 31.5. The van der Waals surface area contributed by atoms with Crippen LogP contribution in [0.1, 0.15) is 33.6 Å². The fraction of sp³-hybridized carbons (Fsp3) is 0.444. The molecule has 0 aliphatic carbocycles. The maximum atomic E-state index is 12.7. The Bertz CT molecular complexity index is 720. The summed E-state index contributed by atoms with van der Waals surface area (Å²) in [4.78, 5) is 23.1. The monoisotopic (exact) mass is 382 g/mol. The van der Waals surface area contributed by atoms with Gasteiger partial charge in [-0.05, 0) is 44.0 Å². The van der Waals surface area contributed by atoms with E-state index in [1.54, 1.807) is 6.92 Å². The van der Waals surface area contributed by atoms with E-state index in [1.807, 2.05) is 13.8 Å². The van der Waals surface area contributed by atoms with Crippen LogP contribution in [-0.2, 0) is 24.3 Å². The third-order valence-electron chi connectivity index (χ3n) is 3.36. The minimum atomic E-state index is -3.55. The molecule has 8 heteroatoms. The second kappa shape index (κ2) is 10.7. The predicted molar refractivity (Wildman–Crippen MR) is 100 cm³/mol. The molecule has 0 aliphatic heterocycles. The van der Waals surface area contributed by atoms with Crippen LogP contribution < -0.4 is 5.32 Å². The summed E-state index contributed by atoms with van der Waals surface area (Å²) in [6, 6.07) is 5.94. The molecule has 1 aromatic carbocycles. The zero-order chi connectivity index (χ0) is 19.6. The summed E-state index contributed by atoms with van der Waals surface area (Å²) in [7, 11) is -3.55. The van der Waals surface area contributed by atoms with Gasteiger partial charge in [0.1, 0.15) is 0 Å². The number of nitrogens with zero attached hydrogens (tertiary/aromatic N) is 1. The topological polar surface area (TPSA) is 92.8 Å². The van der Waals surface area contributed by atoms with Gasteiger partial charge in [0.05, 0.1) is 11.5 Å². The van der Waals surface area contributed by atoms with Crippen LogP contribution in [0.5, 0.6) is 0 Å². The summed E-state index contributed by atoms with van der Waals surface area (Å²) in [5.74, 6) is -1.11. The lowest BCUT2D eigenvalue weighted by atomic mass is 10.3. The van der Waals surface area contributed by atoms with E-state index in [9.17, 15) is 18.0 Å². The molecule has 0 heterocycles. The molecule has 0 atom stereocenters. The molecule has 1 rings (SSSR count). The van der Waals surface area contributed by atoms with Crippen LogP contribution >= 0.6 is 0 Å². The van der Waals surface area contributed by atoms with Crippen molar-refractivity contribution in [1.82, 2.24) is 4.31 Å². The molecule has 0 aromatic heterocycles. The predicted octanol–water partition coefficient (Wildman–Crippen LogP) is 2.56. The van der Waals surface area contributed by atoms with Crippen LogP contribution in [-0.4, -0.2) is 44.3 Å². The molecule has 0 fully saturated rings. The Morgan fingerprint density at radius 3 is 2.12 bits per heavy atom. The number of hydrogen-bond acceptors (Lipinski definition) is 5. The van der Waals surface area contributed by atoms with Crippen LogP contribution in [0.2, 0.25) is 0 Å². The summed E-state index contributed by atoms with van der Waals surface area (Å²) in [5.41, 5.74) is 0.431. The molecular weight excluding hydrogens is 356 g/mol. The van der Waals surface area contributed by atoms with Gasteiger partial charge in [-0.15, -0.1) is 0 Å². The fourth-order valence-electron chi connectivity index (χ4n) is 2.23. The number of esters is 1. The number of benzene rings is 1. The van der Waals surface area contributed by atoms with E-state index in [1.165, 1.54) is 28.6 Å². The Morgan fingerprint density at radius 1 is 1.04 bits per heavy atom. The summed E-state index contributed by atoms with van der Waals surface area (Å²) in [6.45, 7) is 6.69. The van der Waals surface area contributed by atoms with Gasteiger partial charge in [0.15, 0.2) is 0 Å². The van der Waals surface area contributed by atoms with E-state index in [2.05, 4.69) is 10.1 Å².